The summed E-state index contributed by atoms with van der Waals surface area (Å²) in [5.74, 6) is 1.02. The summed E-state index contributed by atoms with van der Waals surface area (Å²) in [6.07, 6.45) is 2.90. The number of piperidine rings is 1. The van der Waals surface area contributed by atoms with Crippen molar-refractivity contribution < 1.29 is 4.52 Å². The van der Waals surface area contributed by atoms with Crippen molar-refractivity contribution in [2.75, 3.05) is 13.1 Å². The molecule has 1 fully saturated rings. The van der Waals surface area contributed by atoms with Gasteiger partial charge in [0.25, 0.3) is 5.56 Å². The molecule has 2 aliphatic heterocycles. The van der Waals surface area contributed by atoms with Crippen LogP contribution in [0.3, 0.4) is 0 Å². The number of rotatable bonds is 2. The molecule has 0 amide bonds. The molecule has 0 saturated carbocycles. The molecule has 21 heavy (non-hydrogen) atoms. The SMILES string of the molecule is Cc1conc1CN1C[C@@H]2C[C@H](C1)c1cccc(=O)n1C2. The first kappa shape index (κ1) is 12.8. The van der Waals surface area contributed by atoms with Crippen LogP contribution in [0.5, 0.6) is 0 Å². The van der Waals surface area contributed by atoms with Gasteiger partial charge in [0.1, 0.15) is 12.0 Å². The fraction of sp³-hybridized carbons (Fsp3) is 0.500. The van der Waals surface area contributed by atoms with Gasteiger partial charge < -0.3 is 9.09 Å². The van der Waals surface area contributed by atoms with Crippen LogP contribution in [0.15, 0.2) is 33.8 Å². The van der Waals surface area contributed by atoms with Gasteiger partial charge in [0.2, 0.25) is 0 Å². The van der Waals surface area contributed by atoms with Crippen LogP contribution in [0.4, 0.5) is 0 Å². The summed E-state index contributed by atoms with van der Waals surface area (Å²) in [6, 6.07) is 5.66. The van der Waals surface area contributed by atoms with Gasteiger partial charge in [-0.1, -0.05) is 11.2 Å². The highest BCUT2D eigenvalue weighted by Crippen LogP contribution is 2.35. The maximum absolute atomic E-state index is 12.0. The van der Waals surface area contributed by atoms with E-state index >= 15 is 0 Å². The molecular weight excluding hydrogens is 266 g/mol. The van der Waals surface area contributed by atoms with E-state index in [4.69, 9.17) is 4.52 Å². The molecule has 2 aromatic heterocycles. The number of pyridine rings is 1. The second-order valence-electron chi connectivity index (χ2n) is 6.34. The van der Waals surface area contributed by atoms with Crippen molar-refractivity contribution in [3.05, 3.63) is 51.8 Å². The molecule has 2 aliphatic rings. The third-order valence-electron chi connectivity index (χ3n) is 4.78. The normalized spacial score (nSPS) is 24.8. The van der Waals surface area contributed by atoms with Crippen LogP contribution < -0.4 is 5.56 Å². The molecule has 5 nitrogen and oxygen atoms in total. The fourth-order valence-electron chi connectivity index (χ4n) is 3.80. The lowest BCUT2D eigenvalue weighted by molar-refractivity contribution is 0.112. The Hall–Kier alpha value is -1.88. The summed E-state index contributed by atoms with van der Waals surface area (Å²) in [7, 11) is 0. The van der Waals surface area contributed by atoms with E-state index < -0.39 is 0 Å². The Kier molecular flexibility index (Phi) is 2.96. The van der Waals surface area contributed by atoms with E-state index in [1.54, 1.807) is 12.3 Å². The van der Waals surface area contributed by atoms with Gasteiger partial charge in [-0.2, -0.15) is 0 Å². The Morgan fingerprint density at radius 2 is 2.24 bits per heavy atom. The monoisotopic (exact) mass is 285 g/mol. The van der Waals surface area contributed by atoms with Crippen LogP contribution in [0.2, 0.25) is 0 Å². The highest BCUT2D eigenvalue weighted by molar-refractivity contribution is 5.18. The molecule has 0 N–H and O–H groups in total. The molecule has 110 valence electrons. The molecule has 2 bridgehead atoms. The molecule has 4 rings (SSSR count). The van der Waals surface area contributed by atoms with Gasteiger partial charge in [-0.3, -0.25) is 9.69 Å². The van der Waals surface area contributed by atoms with Gasteiger partial charge in [-0.25, -0.2) is 0 Å². The molecule has 2 aromatic rings. The average Bonchev–Trinajstić information content (AvgIpc) is 2.86. The van der Waals surface area contributed by atoms with Gasteiger partial charge in [0.05, 0.1) is 0 Å². The van der Waals surface area contributed by atoms with Gasteiger partial charge in [-0.05, 0) is 25.3 Å². The Labute approximate surface area is 123 Å². The van der Waals surface area contributed by atoms with Gasteiger partial charge in [-0.15, -0.1) is 0 Å². The molecule has 1 saturated heterocycles. The van der Waals surface area contributed by atoms with Crippen LogP contribution in [0, 0.1) is 12.8 Å². The largest absolute Gasteiger partial charge is 0.364 e. The standard InChI is InChI=1S/C16H19N3O2/c1-11-10-21-17-14(11)9-18-6-12-5-13(8-18)15-3-2-4-16(20)19(15)7-12/h2-4,10,12-13H,5-9H2,1H3/t12-,13+/m0/s1. The Morgan fingerprint density at radius 3 is 3.05 bits per heavy atom. The first-order valence-corrected chi connectivity index (χ1v) is 7.52. The zero-order valence-corrected chi connectivity index (χ0v) is 12.2. The second-order valence-corrected chi connectivity index (χ2v) is 6.34. The van der Waals surface area contributed by atoms with Crippen molar-refractivity contribution in [2.45, 2.75) is 32.4 Å². The van der Waals surface area contributed by atoms with E-state index in [-0.39, 0.29) is 5.56 Å². The summed E-state index contributed by atoms with van der Waals surface area (Å²) in [4.78, 5) is 14.5. The quantitative estimate of drug-likeness (QED) is 0.844. The molecule has 5 heteroatoms. The third kappa shape index (κ3) is 2.21. The van der Waals surface area contributed by atoms with Crippen LogP contribution in [0.1, 0.15) is 29.3 Å². The fourth-order valence-corrected chi connectivity index (χ4v) is 3.80. The van der Waals surface area contributed by atoms with Crippen molar-refractivity contribution in [2.24, 2.45) is 5.92 Å². The van der Waals surface area contributed by atoms with Crippen molar-refractivity contribution in [1.82, 2.24) is 14.6 Å². The second kappa shape index (κ2) is 4.84. The van der Waals surface area contributed by atoms with Crippen molar-refractivity contribution in [1.29, 1.82) is 0 Å². The molecule has 0 radical (unpaired) electrons. The zero-order chi connectivity index (χ0) is 14.4. The molecule has 0 spiro atoms. The van der Waals surface area contributed by atoms with Crippen LogP contribution >= 0.6 is 0 Å². The summed E-state index contributed by atoms with van der Waals surface area (Å²) in [6.45, 7) is 5.74. The molecule has 0 unspecified atom stereocenters. The Morgan fingerprint density at radius 1 is 1.33 bits per heavy atom. The number of fused-ring (bicyclic) bond motifs is 4. The summed E-state index contributed by atoms with van der Waals surface area (Å²) in [5, 5.41) is 4.09. The summed E-state index contributed by atoms with van der Waals surface area (Å²) >= 11 is 0. The van der Waals surface area contributed by atoms with Crippen LogP contribution in [-0.4, -0.2) is 27.7 Å². The number of likely N-dealkylation sites (tertiary alicyclic amines) is 1. The van der Waals surface area contributed by atoms with E-state index in [1.165, 1.54) is 12.1 Å². The molecule has 4 heterocycles. The Balaban J connectivity index is 1.59. The van der Waals surface area contributed by atoms with Gasteiger partial charge >= 0.3 is 0 Å². The number of nitrogens with zero attached hydrogens (tertiary/aromatic N) is 3. The minimum absolute atomic E-state index is 0.142. The lowest BCUT2D eigenvalue weighted by Gasteiger charge is -2.42. The molecular formula is C16H19N3O2. The van der Waals surface area contributed by atoms with E-state index in [0.717, 1.165) is 37.4 Å². The number of hydrogen-bond acceptors (Lipinski definition) is 4. The predicted molar refractivity (Wildman–Crippen MR) is 78.1 cm³/mol. The van der Waals surface area contributed by atoms with E-state index in [2.05, 4.69) is 16.1 Å². The first-order chi connectivity index (χ1) is 10.2. The highest BCUT2D eigenvalue weighted by Gasteiger charge is 2.34. The lowest BCUT2D eigenvalue weighted by Crippen LogP contribution is -2.46. The summed E-state index contributed by atoms with van der Waals surface area (Å²) in [5.41, 5.74) is 3.48. The van der Waals surface area contributed by atoms with E-state index in [9.17, 15) is 4.79 Å². The number of hydrogen-bond donors (Lipinski definition) is 0. The summed E-state index contributed by atoms with van der Waals surface area (Å²) < 4.78 is 7.00. The first-order valence-electron chi connectivity index (χ1n) is 7.52. The smallest absolute Gasteiger partial charge is 0.250 e. The third-order valence-corrected chi connectivity index (χ3v) is 4.78. The van der Waals surface area contributed by atoms with Crippen LogP contribution in [0.25, 0.3) is 0 Å². The van der Waals surface area contributed by atoms with Crippen molar-refractivity contribution in [3.8, 4) is 0 Å². The van der Waals surface area contributed by atoms with Crippen molar-refractivity contribution >= 4 is 0 Å². The predicted octanol–water partition coefficient (Wildman–Crippen LogP) is 1.76. The number of aromatic nitrogens is 2. The molecule has 0 aliphatic carbocycles. The average molecular weight is 285 g/mol. The minimum Gasteiger partial charge on any atom is -0.364 e. The minimum atomic E-state index is 0.142. The lowest BCUT2D eigenvalue weighted by atomic mass is 9.83. The molecule has 2 atom stereocenters. The Bertz CT molecular complexity index is 718. The van der Waals surface area contributed by atoms with Gasteiger partial charge in [0, 0.05) is 49.4 Å². The maximum Gasteiger partial charge on any atom is 0.250 e. The maximum atomic E-state index is 12.0. The zero-order valence-electron chi connectivity index (χ0n) is 12.2. The highest BCUT2D eigenvalue weighted by atomic mass is 16.5. The van der Waals surface area contributed by atoms with Gasteiger partial charge in [0.15, 0.2) is 0 Å². The molecule has 0 aromatic carbocycles. The topological polar surface area (TPSA) is 51.3 Å². The van der Waals surface area contributed by atoms with E-state index in [1.807, 2.05) is 17.6 Å². The van der Waals surface area contributed by atoms with Crippen molar-refractivity contribution in [3.63, 3.8) is 0 Å². The van der Waals surface area contributed by atoms with E-state index in [0.29, 0.717) is 11.8 Å². The van der Waals surface area contributed by atoms with Crippen LogP contribution in [-0.2, 0) is 13.1 Å². The number of aryl methyl sites for hydroxylation is 1.